The predicted molar refractivity (Wildman–Crippen MR) is 133 cm³/mol. The fraction of sp³-hybridized carbons (Fsp3) is 0.214. The Morgan fingerprint density at radius 2 is 0.969 bits per heavy atom. The fourth-order valence-corrected chi connectivity index (χ4v) is 3.99. The number of fused-ring (bicyclic) bond motifs is 1. The van der Waals surface area contributed by atoms with E-state index in [-0.39, 0.29) is 0 Å². The summed E-state index contributed by atoms with van der Waals surface area (Å²) in [5, 5.41) is 2.45. The van der Waals surface area contributed by atoms with Crippen molar-refractivity contribution in [3.63, 3.8) is 0 Å². The van der Waals surface area contributed by atoms with E-state index in [9.17, 15) is 0 Å². The van der Waals surface area contributed by atoms with Gasteiger partial charge in [0.2, 0.25) is 0 Å². The van der Waals surface area contributed by atoms with Crippen LogP contribution >= 0.6 is 0 Å². The van der Waals surface area contributed by atoms with E-state index in [2.05, 4.69) is 108 Å². The van der Waals surface area contributed by atoms with Gasteiger partial charge >= 0.3 is 0 Å². The zero-order valence-corrected chi connectivity index (χ0v) is 19.0. The van der Waals surface area contributed by atoms with Crippen molar-refractivity contribution >= 4 is 10.8 Å². The Hall–Kier alpha value is -3.66. The second-order valence-electron chi connectivity index (χ2n) is 9.03. The summed E-state index contributed by atoms with van der Waals surface area (Å²) in [4.78, 5) is 15.8. The molecular weight excluding hydrogens is 392 g/mol. The molecule has 2 aromatic heterocycles. The van der Waals surface area contributed by atoms with Crippen molar-refractivity contribution in [1.29, 1.82) is 0 Å². The summed E-state index contributed by atoms with van der Waals surface area (Å²) >= 11 is 0. The minimum atomic E-state index is 0.392. The molecule has 2 heterocycles. The second kappa shape index (κ2) is 8.12. The summed E-state index contributed by atoms with van der Waals surface area (Å²) in [7, 11) is 0. The van der Waals surface area contributed by atoms with Gasteiger partial charge < -0.3 is 9.97 Å². The van der Waals surface area contributed by atoms with Crippen molar-refractivity contribution in [2.24, 2.45) is 0 Å². The third-order valence-corrected chi connectivity index (χ3v) is 5.97. The van der Waals surface area contributed by atoms with E-state index in [0.717, 1.165) is 34.2 Å². The molecule has 160 valence electrons. The van der Waals surface area contributed by atoms with Gasteiger partial charge in [-0.05, 0) is 39.6 Å². The van der Waals surface area contributed by atoms with Gasteiger partial charge in [-0.3, -0.25) is 0 Å². The van der Waals surface area contributed by atoms with Gasteiger partial charge in [0, 0.05) is 17.4 Å². The molecule has 4 nitrogen and oxygen atoms in total. The molecule has 32 heavy (non-hydrogen) atoms. The van der Waals surface area contributed by atoms with Crippen LogP contribution in [0, 0.1) is 0 Å². The van der Waals surface area contributed by atoms with E-state index in [0.29, 0.717) is 11.8 Å². The van der Waals surface area contributed by atoms with Gasteiger partial charge in [0.25, 0.3) is 0 Å². The molecule has 2 N–H and O–H groups in total. The SMILES string of the molecule is CC(C)c1ncc(-c2ccc(-c3ccc4cc(-c5cnc(C(C)C)[nH]5)ccc4c3)cc2)[nH]1. The number of rotatable bonds is 5. The highest BCUT2D eigenvalue weighted by atomic mass is 14.9. The van der Waals surface area contributed by atoms with Crippen LogP contribution in [0.25, 0.3) is 44.4 Å². The maximum absolute atomic E-state index is 4.50. The lowest BCUT2D eigenvalue weighted by atomic mass is 9.98. The second-order valence-corrected chi connectivity index (χ2v) is 9.03. The normalized spacial score (nSPS) is 11.7. The number of H-pyrrole nitrogens is 2. The quantitative estimate of drug-likeness (QED) is 0.309. The van der Waals surface area contributed by atoms with Gasteiger partial charge in [0.05, 0.1) is 23.8 Å². The largest absolute Gasteiger partial charge is 0.342 e. The standard InChI is InChI=1S/C28H28N4/c1-17(2)27-29-15-25(31-27)20-7-5-19(6-8-20)21-9-10-23-14-24(12-11-22(23)13-21)26-16-30-28(32-26)18(3)4/h5-18H,1-4H3,(H,29,31)(H,30,32). The molecule has 0 aliphatic heterocycles. The first-order chi connectivity index (χ1) is 15.5. The van der Waals surface area contributed by atoms with Crippen molar-refractivity contribution in [2.75, 3.05) is 0 Å². The highest BCUT2D eigenvalue weighted by Crippen LogP contribution is 2.30. The Balaban J connectivity index is 1.41. The summed E-state index contributed by atoms with van der Waals surface area (Å²) < 4.78 is 0. The zero-order chi connectivity index (χ0) is 22.2. The monoisotopic (exact) mass is 420 g/mol. The number of hydrogen-bond donors (Lipinski definition) is 2. The number of imidazole rings is 2. The number of benzene rings is 3. The van der Waals surface area contributed by atoms with Crippen LogP contribution in [0.5, 0.6) is 0 Å². The van der Waals surface area contributed by atoms with Gasteiger partial charge in [-0.2, -0.15) is 0 Å². The Bertz CT molecular complexity index is 1370. The molecule has 4 heteroatoms. The number of nitrogens with zero attached hydrogens (tertiary/aromatic N) is 2. The first-order valence-corrected chi connectivity index (χ1v) is 11.2. The van der Waals surface area contributed by atoms with Crippen LogP contribution in [-0.4, -0.2) is 19.9 Å². The predicted octanol–water partition coefficient (Wildman–Crippen LogP) is 7.53. The topological polar surface area (TPSA) is 57.4 Å². The third-order valence-electron chi connectivity index (χ3n) is 5.97. The summed E-state index contributed by atoms with van der Waals surface area (Å²) in [6.07, 6.45) is 3.85. The van der Waals surface area contributed by atoms with Gasteiger partial charge in [-0.25, -0.2) is 9.97 Å². The van der Waals surface area contributed by atoms with Crippen LogP contribution in [0.2, 0.25) is 0 Å². The van der Waals surface area contributed by atoms with E-state index in [1.54, 1.807) is 0 Å². The molecular formula is C28H28N4. The number of hydrogen-bond acceptors (Lipinski definition) is 2. The summed E-state index contributed by atoms with van der Waals surface area (Å²) in [5.74, 6) is 2.83. The lowest BCUT2D eigenvalue weighted by molar-refractivity contribution is 0.795. The molecule has 0 bridgehead atoms. The van der Waals surface area contributed by atoms with Crippen molar-refractivity contribution in [1.82, 2.24) is 19.9 Å². The van der Waals surface area contributed by atoms with Crippen LogP contribution in [0.1, 0.15) is 51.2 Å². The first kappa shape index (κ1) is 20.3. The zero-order valence-electron chi connectivity index (χ0n) is 19.0. The maximum Gasteiger partial charge on any atom is 0.109 e. The molecule has 0 atom stereocenters. The average Bonchev–Trinajstić information content (AvgIpc) is 3.49. The minimum absolute atomic E-state index is 0.392. The van der Waals surface area contributed by atoms with E-state index >= 15 is 0 Å². The molecule has 5 rings (SSSR count). The van der Waals surface area contributed by atoms with Crippen molar-refractivity contribution in [3.05, 3.63) is 84.7 Å². The minimum Gasteiger partial charge on any atom is -0.342 e. The fourth-order valence-electron chi connectivity index (χ4n) is 3.99. The van der Waals surface area contributed by atoms with Gasteiger partial charge in [-0.15, -0.1) is 0 Å². The molecule has 3 aromatic carbocycles. The molecule has 0 aliphatic carbocycles. The molecule has 0 saturated carbocycles. The van der Waals surface area contributed by atoms with Crippen molar-refractivity contribution in [2.45, 2.75) is 39.5 Å². The van der Waals surface area contributed by atoms with Gasteiger partial charge in [0.1, 0.15) is 11.6 Å². The van der Waals surface area contributed by atoms with E-state index in [4.69, 9.17) is 0 Å². The number of aromatic amines is 2. The molecule has 0 radical (unpaired) electrons. The van der Waals surface area contributed by atoms with Crippen LogP contribution in [0.15, 0.2) is 73.1 Å². The average molecular weight is 421 g/mol. The number of aromatic nitrogens is 4. The highest BCUT2D eigenvalue weighted by molar-refractivity contribution is 5.90. The Labute approximate surface area is 188 Å². The molecule has 0 amide bonds. The third kappa shape index (κ3) is 3.84. The summed E-state index contributed by atoms with van der Waals surface area (Å²) in [6.45, 7) is 8.59. The van der Waals surface area contributed by atoms with Crippen LogP contribution in [-0.2, 0) is 0 Å². The van der Waals surface area contributed by atoms with Crippen LogP contribution in [0.3, 0.4) is 0 Å². The van der Waals surface area contributed by atoms with Gasteiger partial charge in [-0.1, -0.05) is 76.2 Å². The van der Waals surface area contributed by atoms with Crippen LogP contribution < -0.4 is 0 Å². The first-order valence-electron chi connectivity index (χ1n) is 11.2. The molecule has 0 spiro atoms. The molecule has 0 saturated heterocycles. The Morgan fingerprint density at radius 1 is 0.531 bits per heavy atom. The molecule has 0 fully saturated rings. The molecule has 0 unspecified atom stereocenters. The van der Waals surface area contributed by atoms with E-state index in [1.165, 1.54) is 21.9 Å². The Morgan fingerprint density at radius 3 is 1.50 bits per heavy atom. The highest BCUT2D eigenvalue weighted by Gasteiger charge is 2.09. The lowest BCUT2D eigenvalue weighted by Crippen LogP contribution is -1.89. The summed E-state index contributed by atoms with van der Waals surface area (Å²) in [5.41, 5.74) is 6.86. The molecule has 5 aromatic rings. The smallest absolute Gasteiger partial charge is 0.109 e. The van der Waals surface area contributed by atoms with E-state index < -0.39 is 0 Å². The van der Waals surface area contributed by atoms with E-state index in [1.807, 2.05) is 12.4 Å². The molecule has 0 aliphatic rings. The van der Waals surface area contributed by atoms with Crippen molar-refractivity contribution in [3.8, 4) is 33.6 Å². The maximum atomic E-state index is 4.50. The lowest BCUT2D eigenvalue weighted by Gasteiger charge is -2.07. The number of nitrogens with one attached hydrogen (secondary N) is 2. The van der Waals surface area contributed by atoms with Gasteiger partial charge in [0.15, 0.2) is 0 Å². The van der Waals surface area contributed by atoms with Crippen molar-refractivity contribution < 1.29 is 0 Å². The van der Waals surface area contributed by atoms with Crippen LogP contribution in [0.4, 0.5) is 0 Å². The Kier molecular flexibility index (Phi) is 5.14. The summed E-state index contributed by atoms with van der Waals surface area (Å²) in [6, 6.07) is 21.9.